The van der Waals surface area contributed by atoms with Gasteiger partial charge in [0, 0.05) is 16.9 Å². The summed E-state index contributed by atoms with van der Waals surface area (Å²) in [5.41, 5.74) is 4.42. The first-order valence-electron chi connectivity index (χ1n) is 7.21. The fraction of sp³-hybridized carbons (Fsp3) is 0.588. The van der Waals surface area contributed by atoms with Crippen molar-refractivity contribution >= 4 is 5.71 Å². The first-order valence-corrected chi connectivity index (χ1v) is 7.21. The van der Waals surface area contributed by atoms with Gasteiger partial charge in [-0.1, -0.05) is 56.6 Å². The van der Waals surface area contributed by atoms with Gasteiger partial charge in [-0.25, -0.2) is 0 Å². The first-order chi connectivity index (χ1) is 9.00. The van der Waals surface area contributed by atoms with E-state index < -0.39 is 0 Å². The number of nitrogens with zero attached hydrogens (tertiary/aromatic N) is 1. The Morgan fingerprint density at radius 1 is 1.16 bits per heavy atom. The second kappa shape index (κ2) is 4.09. The van der Waals surface area contributed by atoms with E-state index in [0.717, 1.165) is 5.71 Å². The largest absolute Gasteiger partial charge is 0.399 e. The van der Waals surface area contributed by atoms with Crippen molar-refractivity contribution in [2.75, 3.05) is 7.11 Å². The number of hydrogen-bond acceptors (Lipinski definition) is 2. The number of oxime groups is 1. The predicted octanol–water partition coefficient (Wildman–Crippen LogP) is 4.13. The molecule has 2 nitrogen and oxygen atoms in total. The van der Waals surface area contributed by atoms with Gasteiger partial charge in [0.2, 0.25) is 0 Å². The van der Waals surface area contributed by atoms with Crippen LogP contribution in [0.1, 0.15) is 51.2 Å². The van der Waals surface area contributed by atoms with E-state index in [1.54, 1.807) is 7.11 Å². The molecule has 2 aliphatic rings. The van der Waals surface area contributed by atoms with Crippen LogP contribution in [0.4, 0.5) is 0 Å². The van der Waals surface area contributed by atoms with Crippen molar-refractivity contribution in [3.8, 4) is 0 Å². The third kappa shape index (κ3) is 1.65. The van der Waals surface area contributed by atoms with Crippen LogP contribution in [0.2, 0.25) is 0 Å². The van der Waals surface area contributed by atoms with Crippen molar-refractivity contribution < 1.29 is 4.84 Å². The van der Waals surface area contributed by atoms with E-state index in [4.69, 9.17) is 4.84 Å². The van der Waals surface area contributed by atoms with Crippen molar-refractivity contribution in [2.45, 2.75) is 45.4 Å². The molecule has 2 heteroatoms. The zero-order valence-corrected chi connectivity index (χ0v) is 12.4. The molecule has 2 unspecified atom stereocenters. The highest BCUT2D eigenvalue weighted by Gasteiger charge is 2.55. The maximum absolute atomic E-state index is 5.16. The van der Waals surface area contributed by atoms with Gasteiger partial charge in [0.25, 0.3) is 0 Å². The third-order valence-corrected chi connectivity index (χ3v) is 5.22. The lowest BCUT2D eigenvalue weighted by Gasteiger charge is -2.47. The molecular formula is C17H23NO. The van der Waals surface area contributed by atoms with Gasteiger partial charge in [0.1, 0.15) is 7.11 Å². The van der Waals surface area contributed by atoms with Gasteiger partial charge in [-0.15, -0.1) is 0 Å². The average Bonchev–Trinajstić information content (AvgIpc) is 2.61. The summed E-state index contributed by atoms with van der Waals surface area (Å²) >= 11 is 0. The molecule has 0 saturated heterocycles. The van der Waals surface area contributed by atoms with E-state index in [9.17, 15) is 0 Å². The lowest BCUT2D eigenvalue weighted by molar-refractivity contribution is 0.109. The smallest absolute Gasteiger partial charge is 0.106 e. The van der Waals surface area contributed by atoms with Gasteiger partial charge in [0.15, 0.2) is 0 Å². The molecule has 3 rings (SSSR count). The molecule has 0 aliphatic heterocycles. The first kappa shape index (κ1) is 12.7. The summed E-state index contributed by atoms with van der Waals surface area (Å²) in [5.74, 6) is 0.464. The summed E-state index contributed by atoms with van der Waals surface area (Å²) in [5, 5.41) is 4.41. The molecule has 1 aromatic carbocycles. The van der Waals surface area contributed by atoms with Gasteiger partial charge >= 0.3 is 0 Å². The summed E-state index contributed by atoms with van der Waals surface area (Å²) < 4.78 is 0. The maximum atomic E-state index is 5.16. The quantitative estimate of drug-likeness (QED) is 0.693. The third-order valence-electron chi connectivity index (χ3n) is 5.22. The van der Waals surface area contributed by atoms with Crippen LogP contribution in [0.15, 0.2) is 29.4 Å². The highest BCUT2D eigenvalue weighted by molar-refractivity contribution is 6.08. The summed E-state index contributed by atoms with van der Waals surface area (Å²) in [7, 11) is 1.65. The minimum atomic E-state index is 0.218. The fourth-order valence-electron chi connectivity index (χ4n) is 4.58. The van der Waals surface area contributed by atoms with Crippen molar-refractivity contribution in [1.82, 2.24) is 0 Å². The molecular weight excluding hydrogens is 234 g/mol. The monoisotopic (exact) mass is 257 g/mol. The van der Waals surface area contributed by atoms with E-state index in [1.165, 1.54) is 30.4 Å². The molecule has 2 aliphatic carbocycles. The Hall–Kier alpha value is -1.31. The molecule has 1 aromatic rings. The van der Waals surface area contributed by atoms with Crippen molar-refractivity contribution in [3.05, 3.63) is 35.4 Å². The molecule has 0 heterocycles. The molecule has 1 fully saturated rings. The average molecular weight is 257 g/mol. The Labute approximate surface area is 115 Å². The standard InChI is InChI=1S/C17H23NO/c1-16(2)10-7-11-17(3)13-9-6-5-8-12(13)14(15(16)17)18-19-4/h5-6,8-9,15H,7,10-11H2,1-4H3. The Balaban J connectivity index is 2.24. The van der Waals surface area contributed by atoms with Gasteiger partial charge < -0.3 is 4.84 Å². The van der Waals surface area contributed by atoms with Crippen LogP contribution >= 0.6 is 0 Å². The van der Waals surface area contributed by atoms with E-state index in [2.05, 4.69) is 50.2 Å². The highest BCUT2D eigenvalue weighted by atomic mass is 16.6. The van der Waals surface area contributed by atoms with Gasteiger partial charge in [-0.3, -0.25) is 0 Å². The lowest BCUT2D eigenvalue weighted by atomic mass is 9.56. The molecule has 0 spiro atoms. The number of rotatable bonds is 1. The molecule has 0 amide bonds. The molecule has 2 atom stereocenters. The van der Waals surface area contributed by atoms with Crippen LogP contribution < -0.4 is 0 Å². The van der Waals surface area contributed by atoms with Crippen LogP contribution in [0.5, 0.6) is 0 Å². The lowest BCUT2D eigenvalue weighted by Crippen LogP contribution is -2.44. The second-order valence-electron chi connectivity index (χ2n) is 6.90. The molecule has 0 radical (unpaired) electrons. The molecule has 0 bridgehead atoms. The highest BCUT2D eigenvalue weighted by Crippen LogP contribution is 2.58. The van der Waals surface area contributed by atoms with Gasteiger partial charge in [0.05, 0.1) is 5.71 Å². The van der Waals surface area contributed by atoms with Crippen LogP contribution in [-0.2, 0) is 10.3 Å². The second-order valence-corrected chi connectivity index (χ2v) is 6.90. The Morgan fingerprint density at radius 2 is 1.89 bits per heavy atom. The van der Waals surface area contributed by atoms with Crippen molar-refractivity contribution in [3.63, 3.8) is 0 Å². The van der Waals surface area contributed by atoms with E-state index in [1.807, 2.05) is 0 Å². The van der Waals surface area contributed by atoms with Crippen LogP contribution in [0, 0.1) is 11.3 Å². The Bertz CT molecular complexity index is 532. The SMILES string of the molecule is CON=C1c2ccccc2C2(C)CCCC(C)(C)C12. The summed E-state index contributed by atoms with van der Waals surface area (Å²) in [4.78, 5) is 5.16. The number of hydrogen-bond donors (Lipinski definition) is 0. The Morgan fingerprint density at radius 3 is 2.63 bits per heavy atom. The van der Waals surface area contributed by atoms with Crippen LogP contribution in [0.25, 0.3) is 0 Å². The normalized spacial score (nSPS) is 33.9. The Kier molecular flexibility index (Phi) is 2.74. The summed E-state index contributed by atoms with van der Waals surface area (Å²) in [6.45, 7) is 7.17. The maximum Gasteiger partial charge on any atom is 0.106 e. The van der Waals surface area contributed by atoms with Crippen LogP contribution in [0.3, 0.4) is 0 Å². The van der Waals surface area contributed by atoms with E-state index in [0.29, 0.717) is 5.92 Å². The van der Waals surface area contributed by atoms with E-state index >= 15 is 0 Å². The zero-order chi connectivity index (χ0) is 13.7. The summed E-state index contributed by atoms with van der Waals surface area (Å²) in [6.07, 6.45) is 3.82. The topological polar surface area (TPSA) is 21.6 Å². The predicted molar refractivity (Wildman–Crippen MR) is 78.5 cm³/mol. The zero-order valence-electron chi connectivity index (χ0n) is 12.4. The molecule has 1 saturated carbocycles. The van der Waals surface area contributed by atoms with Crippen molar-refractivity contribution in [1.29, 1.82) is 0 Å². The molecule has 0 aromatic heterocycles. The molecule has 0 N–H and O–H groups in total. The van der Waals surface area contributed by atoms with Crippen molar-refractivity contribution in [2.24, 2.45) is 16.5 Å². The number of fused-ring (bicyclic) bond motifs is 3. The van der Waals surface area contributed by atoms with E-state index in [-0.39, 0.29) is 10.8 Å². The van der Waals surface area contributed by atoms with Gasteiger partial charge in [-0.05, 0) is 23.8 Å². The van der Waals surface area contributed by atoms with Gasteiger partial charge in [-0.2, -0.15) is 0 Å². The summed E-state index contributed by atoms with van der Waals surface area (Å²) in [6, 6.07) is 8.74. The molecule has 102 valence electrons. The number of benzene rings is 1. The fourth-order valence-corrected chi connectivity index (χ4v) is 4.58. The van der Waals surface area contributed by atoms with Crippen LogP contribution in [-0.4, -0.2) is 12.8 Å². The minimum Gasteiger partial charge on any atom is -0.399 e. The molecule has 19 heavy (non-hydrogen) atoms. The minimum absolute atomic E-state index is 0.218.